The van der Waals surface area contributed by atoms with Crippen LogP contribution in [0.3, 0.4) is 0 Å². The van der Waals surface area contributed by atoms with Gasteiger partial charge >= 0.3 is 18.3 Å². The number of phenols is 1. The quantitative estimate of drug-likeness (QED) is 0.0443. The Hall–Kier alpha value is -7.49. The number of benzene rings is 4. The highest BCUT2D eigenvalue weighted by Gasteiger charge is 2.37. The second-order valence-electron chi connectivity index (χ2n) is 15.3. The molecule has 0 fully saturated rings. The molecule has 0 radical (unpaired) electrons. The number of ether oxygens (including phenoxy) is 1. The number of esters is 1. The fraction of sp³-hybridized carbons (Fsp3) is 0.289. The van der Waals surface area contributed by atoms with Gasteiger partial charge in [0.15, 0.2) is 0 Å². The second-order valence-corrected chi connectivity index (χ2v) is 15.3. The summed E-state index contributed by atoms with van der Waals surface area (Å²) in [5.41, 5.74) is 4.15. The lowest BCUT2D eigenvalue weighted by Crippen LogP contribution is -2.54. The van der Waals surface area contributed by atoms with E-state index >= 15 is 0 Å². The van der Waals surface area contributed by atoms with Gasteiger partial charge < -0.3 is 47.1 Å². The van der Waals surface area contributed by atoms with Crippen LogP contribution in [0.2, 0.25) is 0 Å². The van der Waals surface area contributed by atoms with Gasteiger partial charge in [0.1, 0.15) is 36.3 Å². The molecular weight excluding hydrogens is 900 g/mol. The number of H-pyrrole nitrogens is 1. The van der Waals surface area contributed by atoms with E-state index in [1.165, 1.54) is 37.4 Å². The number of phenolic OH excluding ortho intramolecular Hbond substituents is 1. The van der Waals surface area contributed by atoms with Crippen LogP contribution in [0.25, 0.3) is 10.9 Å². The summed E-state index contributed by atoms with van der Waals surface area (Å²) in [6.07, 6.45) is -9.27. The summed E-state index contributed by atoms with van der Waals surface area (Å²) >= 11 is 0. The topological polar surface area (TPSA) is 234 Å². The average Bonchev–Trinajstić information content (AvgIpc) is 3.69. The summed E-state index contributed by atoms with van der Waals surface area (Å²) in [6, 6.07) is 13.1. The highest BCUT2D eigenvalue weighted by Crippen LogP contribution is 2.36. The highest BCUT2D eigenvalue weighted by molar-refractivity contribution is 5.94. The number of para-hydroxylation sites is 1. The number of nitrogens with two attached hydrogens (primary N) is 1. The molecule has 9 N–H and O–H groups in total. The zero-order valence-electron chi connectivity index (χ0n) is 35.3. The number of fused-ring (bicyclic) bond motifs is 1. The fourth-order valence-electron chi connectivity index (χ4n) is 6.60. The van der Waals surface area contributed by atoms with Crippen molar-refractivity contribution in [2.24, 2.45) is 5.73 Å². The number of rotatable bonds is 19. The van der Waals surface area contributed by atoms with Crippen molar-refractivity contribution in [3.63, 3.8) is 0 Å². The molecule has 0 saturated heterocycles. The first kappa shape index (κ1) is 50.5. The van der Waals surface area contributed by atoms with Gasteiger partial charge in [0.2, 0.25) is 29.5 Å². The molecule has 1 heterocycles. The van der Waals surface area contributed by atoms with Gasteiger partial charge in [-0.05, 0) is 84.1 Å². The predicted molar refractivity (Wildman–Crippen MR) is 226 cm³/mol. The monoisotopic (exact) mass is 943 g/mol. The van der Waals surface area contributed by atoms with E-state index in [0.717, 1.165) is 12.1 Å². The number of hydrogen-bond acceptors (Lipinski definition) is 9. The minimum absolute atomic E-state index is 0.0201. The van der Waals surface area contributed by atoms with Gasteiger partial charge in [-0.15, -0.1) is 0 Å². The number of alkyl halides is 6. The number of aromatic nitrogens is 1. The number of carbonyl (C=O) groups excluding carboxylic acids is 6. The molecule has 5 aromatic rings. The molecule has 67 heavy (non-hydrogen) atoms. The standard InChI is InChI=1S/C45H44F7N7O8/c1-24(57-41(64)34(53)16-25-8-12-32(60)13-9-25)40(63)55-21-38(61)58-36(17-26-6-10-31(46)11-7-26)42(65)56-22-39(62)59-37(18-28-20-54-35-5-3-2-4-33(28)35)43(66)67-23-27-14-29(44(47,48)49)19-30(15-27)45(50,51)52/h2-15,19-20,24,34,36-37,54,60H,16-18,21-23,53H2,1H3,(H,55,63)(H,56,65)(H,57,64)(H,58,61)(H,59,62)/t24-,34+,36+,37+/m1/s1. The van der Waals surface area contributed by atoms with E-state index in [9.17, 15) is 64.6 Å². The minimum atomic E-state index is -5.17. The molecule has 0 aliphatic heterocycles. The van der Waals surface area contributed by atoms with Gasteiger partial charge in [0.25, 0.3) is 0 Å². The van der Waals surface area contributed by atoms with Crippen LogP contribution in [0, 0.1) is 5.82 Å². The van der Waals surface area contributed by atoms with Crippen molar-refractivity contribution < 1.29 is 69.3 Å². The minimum Gasteiger partial charge on any atom is -0.508 e. The Balaban J connectivity index is 1.23. The zero-order valence-corrected chi connectivity index (χ0v) is 35.3. The van der Waals surface area contributed by atoms with Crippen LogP contribution in [0.5, 0.6) is 5.75 Å². The van der Waals surface area contributed by atoms with E-state index in [2.05, 4.69) is 31.6 Å². The number of nitrogens with one attached hydrogen (secondary N) is 6. The van der Waals surface area contributed by atoms with E-state index in [4.69, 9.17) is 10.5 Å². The summed E-state index contributed by atoms with van der Waals surface area (Å²) in [7, 11) is 0. The largest absolute Gasteiger partial charge is 0.508 e. The average molecular weight is 944 g/mol. The first-order valence-corrected chi connectivity index (χ1v) is 20.3. The first-order valence-electron chi connectivity index (χ1n) is 20.3. The van der Waals surface area contributed by atoms with E-state index in [0.29, 0.717) is 39.7 Å². The van der Waals surface area contributed by atoms with Crippen molar-refractivity contribution in [3.05, 3.63) is 136 Å². The molecule has 356 valence electrons. The molecule has 4 aromatic carbocycles. The van der Waals surface area contributed by atoms with Crippen molar-refractivity contribution in [2.45, 2.75) is 69.3 Å². The molecular formula is C45H44F7N7O8. The lowest BCUT2D eigenvalue weighted by atomic mass is 10.0. The summed E-state index contributed by atoms with van der Waals surface area (Å²) in [5, 5.41) is 21.9. The molecule has 5 rings (SSSR count). The molecule has 0 aliphatic carbocycles. The SMILES string of the molecule is C[C@@H](NC(=O)[C@@H](N)Cc1ccc(O)cc1)C(=O)NCC(=O)N[C@@H](Cc1ccc(F)cc1)C(=O)NCC(=O)N[C@@H](Cc1c[nH]c2ccccc12)C(=O)OCc1cc(C(F)(F)F)cc(C(F)(F)F)c1. The Labute approximate surface area is 377 Å². The second kappa shape index (κ2) is 22.1. The number of amides is 5. The Morgan fingerprint density at radius 2 is 1.22 bits per heavy atom. The van der Waals surface area contributed by atoms with E-state index in [1.54, 1.807) is 36.4 Å². The lowest BCUT2D eigenvalue weighted by Gasteiger charge is -2.21. The van der Waals surface area contributed by atoms with Crippen molar-refractivity contribution in [1.29, 1.82) is 0 Å². The summed E-state index contributed by atoms with van der Waals surface area (Å²) in [6.45, 7) is -1.24. The normalized spacial score (nSPS) is 13.4. The van der Waals surface area contributed by atoms with Crippen molar-refractivity contribution in [2.75, 3.05) is 13.1 Å². The van der Waals surface area contributed by atoms with Crippen LogP contribution < -0.4 is 32.3 Å². The van der Waals surface area contributed by atoms with Gasteiger partial charge in [-0.3, -0.25) is 24.0 Å². The zero-order chi connectivity index (χ0) is 49.1. The molecule has 0 saturated carbocycles. The Morgan fingerprint density at radius 3 is 1.84 bits per heavy atom. The van der Waals surface area contributed by atoms with Crippen LogP contribution in [-0.2, 0) is 71.7 Å². The van der Waals surface area contributed by atoms with E-state index < -0.39 is 114 Å². The van der Waals surface area contributed by atoms with E-state index in [-0.39, 0.29) is 31.1 Å². The molecule has 0 unspecified atom stereocenters. The van der Waals surface area contributed by atoms with Crippen LogP contribution in [-0.4, -0.2) is 82.9 Å². The summed E-state index contributed by atoms with van der Waals surface area (Å²) in [4.78, 5) is 81.8. The van der Waals surface area contributed by atoms with Crippen LogP contribution in [0.1, 0.15) is 40.3 Å². The third-order valence-electron chi connectivity index (χ3n) is 10.1. The van der Waals surface area contributed by atoms with Gasteiger partial charge in [-0.1, -0.05) is 42.5 Å². The Morgan fingerprint density at radius 1 is 0.672 bits per heavy atom. The molecule has 4 atom stereocenters. The molecule has 0 aliphatic rings. The maximum atomic E-state index is 13.7. The number of carbonyl (C=O) groups is 6. The van der Waals surface area contributed by atoms with Gasteiger partial charge in [-0.25, -0.2) is 9.18 Å². The van der Waals surface area contributed by atoms with Crippen molar-refractivity contribution >= 4 is 46.4 Å². The highest BCUT2D eigenvalue weighted by atomic mass is 19.4. The smallest absolute Gasteiger partial charge is 0.416 e. The molecule has 0 bridgehead atoms. The van der Waals surface area contributed by atoms with Gasteiger partial charge in [-0.2, -0.15) is 26.3 Å². The van der Waals surface area contributed by atoms with Crippen LogP contribution in [0.15, 0.2) is 97.2 Å². The Bertz CT molecular complexity index is 2540. The number of aromatic hydroxyl groups is 1. The third kappa shape index (κ3) is 15.0. The molecule has 1 aromatic heterocycles. The summed E-state index contributed by atoms with van der Waals surface area (Å²) in [5.74, 6) is -6.16. The first-order chi connectivity index (χ1) is 31.5. The van der Waals surface area contributed by atoms with Gasteiger partial charge in [0, 0.05) is 29.9 Å². The van der Waals surface area contributed by atoms with Crippen molar-refractivity contribution in [1.82, 2.24) is 31.6 Å². The van der Waals surface area contributed by atoms with Crippen molar-refractivity contribution in [3.8, 4) is 5.75 Å². The molecule has 22 heteroatoms. The molecule has 15 nitrogen and oxygen atoms in total. The Kier molecular flexibility index (Phi) is 16.7. The molecule has 0 spiro atoms. The van der Waals surface area contributed by atoms with Crippen LogP contribution >= 0.6 is 0 Å². The number of aromatic amines is 1. The third-order valence-corrected chi connectivity index (χ3v) is 10.1. The fourth-order valence-corrected chi connectivity index (χ4v) is 6.60. The number of halogens is 7. The van der Waals surface area contributed by atoms with E-state index in [1.807, 2.05) is 0 Å². The maximum Gasteiger partial charge on any atom is 0.416 e. The maximum absolute atomic E-state index is 13.7. The molecule has 5 amide bonds. The van der Waals surface area contributed by atoms with Gasteiger partial charge in [0.05, 0.1) is 30.3 Å². The summed E-state index contributed by atoms with van der Waals surface area (Å²) < 4.78 is 99.8. The lowest BCUT2D eigenvalue weighted by molar-refractivity contribution is -0.149. The predicted octanol–water partition coefficient (Wildman–Crippen LogP) is 3.86. The number of hydrogen-bond donors (Lipinski definition) is 8. The van der Waals surface area contributed by atoms with Crippen LogP contribution in [0.4, 0.5) is 30.7 Å².